The van der Waals surface area contributed by atoms with E-state index in [-0.39, 0.29) is 5.97 Å². The summed E-state index contributed by atoms with van der Waals surface area (Å²) in [5.74, 6) is -0.347. The van der Waals surface area contributed by atoms with Crippen LogP contribution in [0, 0.1) is 0 Å². The second kappa shape index (κ2) is 12.6. The first-order valence-corrected chi connectivity index (χ1v) is 14.2. The largest absolute Gasteiger partial charge is 0.463 e. The van der Waals surface area contributed by atoms with Crippen molar-refractivity contribution in [1.29, 1.82) is 0 Å². The Morgan fingerprint density at radius 3 is 1.68 bits per heavy atom. The number of fused-ring (bicyclic) bond motifs is 2. The third-order valence-electron chi connectivity index (χ3n) is 7.70. The highest BCUT2D eigenvalue weighted by molar-refractivity contribution is 6.21. The summed E-state index contributed by atoms with van der Waals surface area (Å²) >= 11 is 0. The summed E-state index contributed by atoms with van der Waals surface area (Å²) in [6.45, 7) is 10.2. The smallest absolute Gasteiger partial charge is 0.330 e. The molecule has 0 saturated heterocycles. The molecule has 0 aliphatic heterocycles. The van der Waals surface area contributed by atoms with Crippen LogP contribution in [0.3, 0.4) is 0 Å². The van der Waals surface area contributed by atoms with E-state index in [1.54, 1.807) is 0 Å². The van der Waals surface area contributed by atoms with Crippen LogP contribution in [-0.4, -0.2) is 12.6 Å². The van der Waals surface area contributed by atoms with E-state index in [4.69, 9.17) is 4.74 Å². The maximum Gasteiger partial charge on any atom is 0.330 e. The average Bonchev–Trinajstić information content (AvgIpc) is 3.01. The van der Waals surface area contributed by atoms with Gasteiger partial charge in [0.1, 0.15) is 0 Å². The fourth-order valence-electron chi connectivity index (χ4n) is 5.50. The summed E-state index contributed by atoms with van der Waals surface area (Å²) in [7, 11) is 0. The molecule has 0 atom stereocenters. The van der Waals surface area contributed by atoms with E-state index in [0.717, 1.165) is 37.7 Å². The molecular weight excluding hydrogens is 488 g/mol. The van der Waals surface area contributed by atoms with Gasteiger partial charge in [0.25, 0.3) is 0 Å². The molecule has 0 N–H and O–H groups in total. The molecule has 5 aromatic rings. The average molecular weight is 525 g/mol. The van der Waals surface area contributed by atoms with Crippen molar-refractivity contribution in [1.82, 2.24) is 0 Å². The van der Waals surface area contributed by atoms with Crippen LogP contribution in [0.5, 0.6) is 0 Å². The van der Waals surface area contributed by atoms with Gasteiger partial charge in [0.05, 0.1) is 6.61 Å². The SMILES string of the molecule is C=CC(=O)OCCCCCc1ccc(-c2c3ccccc3c(-c3ccc(C(=C)CC)cc3)c3ccccc23)cc1. The molecule has 2 nitrogen and oxygen atoms in total. The second-order valence-electron chi connectivity index (χ2n) is 10.3. The number of hydrogen-bond acceptors (Lipinski definition) is 2. The molecule has 0 aromatic heterocycles. The summed E-state index contributed by atoms with van der Waals surface area (Å²) in [6.07, 6.45) is 6.14. The van der Waals surface area contributed by atoms with Crippen molar-refractivity contribution >= 4 is 33.1 Å². The lowest BCUT2D eigenvalue weighted by Crippen LogP contribution is -2.01. The van der Waals surface area contributed by atoms with Crippen molar-refractivity contribution in [3.05, 3.63) is 127 Å². The summed E-state index contributed by atoms with van der Waals surface area (Å²) in [5, 5.41) is 5.05. The highest BCUT2D eigenvalue weighted by atomic mass is 16.5. The summed E-state index contributed by atoms with van der Waals surface area (Å²) in [5.41, 5.74) is 8.70. The number of carbonyl (C=O) groups excluding carboxylic acids is 1. The predicted octanol–water partition coefficient (Wildman–Crippen LogP) is 10.2. The number of benzene rings is 5. The molecule has 0 fully saturated rings. The normalized spacial score (nSPS) is 11.0. The number of carbonyl (C=O) groups is 1. The Balaban J connectivity index is 1.47. The topological polar surface area (TPSA) is 26.3 Å². The Labute approximate surface area is 237 Å². The highest BCUT2D eigenvalue weighted by Gasteiger charge is 2.16. The van der Waals surface area contributed by atoms with Gasteiger partial charge in [-0.3, -0.25) is 0 Å². The van der Waals surface area contributed by atoms with Crippen LogP contribution >= 0.6 is 0 Å². The van der Waals surface area contributed by atoms with Gasteiger partial charge >= 0.3 is 5.97 Å². The molecule has 0 aliphatic rings. The molecule has 0 saturated carbocycles. The third kappa shape index (κ3) is 5.77. The molecule has 40 heavy (non-hydrogen) atoms. The Bertz CT molecular complexity index is 1600. The maximum atomic E-state index is 11.2. The lowest BCUT2D eigenvalue weighted by atomic mass is 9.85. The van der Waals surface area contributed by atoms with Gasteiger partial charge < -0.3 is 4.74 Å². The molecule has 5 aromatic carbocycles. The van der Waals surface area contributed by atoms with Crippen molar-refractivity contribution in [2.24, 2.45) is 0 Å². The highest BCUT2D eigenvalue weighted by Crippen LogP contribution is 2.43. The first-order valence-electron chi connectivity index (χ1n) is 14.2. The number of ether oxygens (including phenoxy) is 1. The molecule has 0 spiro atoms. The van der Waals surface area contributed by atoms with Gasteiger partial charge in [0.15, 0.2) is 0 Å². The van der Waals surface area contributed by atoms with Gasteiger partial charge in [-0.25, -0.2) is 4.79 Å². The zero-order valence-corrected chi connectivity index (χ0v) is 23.3. The number of allylic oxidation sites excluding steroid dienone is 1. The van der Waals surface area contributed by atoms with Gasteiger partial charge in [0, 0.05) is 6.08 Å². The minimum atomic E-state index is -0.347. The van der Waals surface area contributed by atoms with E-state index in [9.17, 15) is 4.79 Å². The van der Waals surface area contributed by atoms with Crippen LogP contribution < -0.4 is 0 Å². The Morgan fingerprint density at radius 1 is 0.700 bits per heavy atom. The van der Waals surface area contributed by atoms with Crippen molar-refractivity contribution in [2.75, 3.05) is 6.61 Å². The summed E-state index contributed by atoms with van der Waals surface area (Å²) in [4.78, 5) is 11.2. The van der Waals surface area contributed by atoms with Gasteiger partial charge in [-0.1, -0.05) is 117 Å². The van der Waals surface area contributed by atoms with Crippen LogP contribution in [0.15, 0.2) is 116 Å². The van der Waals surface area contributed by atoms with Crippen LogP contribution in [0.25, 0.3) is 49.4 Å². The fourth-order valence-corrected chi connectivity index (χ4v) is 5.50. The minimum Gasteiger partial charge on any atom is -0.463 e. The summed E-state index contributed by atoms with van der Waals surface area (Å²) in [6, 6.07) is 35.5. The van der Waals surface area contributed by atoms with Gasteiger partial charge in [0.2, 0.25) is 0 Å². The van der Waals surface area contributed by atoms with Gasteiger partial charge in [-0.05, 0) is 92.6 Å². The molecule has 0 unspecified atom stereocenters. The Morgan fingerprint density at radius 2 is 1.20 bits per heavy atom. The van der Waals surface area contributed by atoms with Crippen LogP contribution in [-0.2, 0) is 16.0 Å². The minimum absolute atomic E-state index is 0.347. The molecule has 2 heteroatoms. The Kier molecular flexibility index (Phi) is 8.56. The standard InChI is InChI=1S/C38H36O2/c1-4-27(3)29-22-24-31(25-23-29)38-34-16-10-8-14-32(34)37(33-15-9-11-17-35(33)38)30-20-18-28(19-21-30)13-7-6-12-26-40-36(39)5-2/h5,8-11,14-25H,2-4,6-7,12-13,26H2,1H3. The predicted molar refractivity (Wildman–Crippen MR) is 170 cm³/mol. The van der Waals surface area contributed by atoms with E-state index in [0.29, 0.717) is 6.61 Å². The maximum absolute atomic E-state index is 11.2. The van der Waals surface area contributed by atoms with Crippen molar-refractivity contribution in [3.63, 3.8) is 0 Å². The first kappa shape index (κ1) is 27.1. The van der Waals surface area contributed by atoms with E-state index in [1.807, 2.05) is 0 Å². The van der Waals surface area contributed by atoms with Crippen LogP contribution in [0.2, 0.25) is 0 Å². The van der Waals surface area contributed by atoms with Crippen molar-refractivity contribution in [3.8, 4) is 22.3 Å². The number of hydrogen-bond donors (Lipinski definition) is 0. The monoisotopic (exact) mass is 524 g/mol. The molecular formula is C38H36O2. The van der Waals surface area contributed by atoms with Crippen LogP contribution in [0.4, 0.5) is 0 Å². The molecule has 200 valence electrons. The second-order valence-corrected chi connectivity index (χ2v) is 10.3. The van der Waals surface area contributed by atoms with Gasteiger partial charge in [-0.2, -0.15) is 0 Å². The molecule has 0 aliphatic carbocycles. The lowest BCUT2D eigenvalue weighted by Gasteiger charge is -2.18. The quantitative estimate of drug-likeness (QED) is 0.0743. The van der Waals surface area contributed by atoms with E-state index in [2.05, 4.69) is 117 Å². The number of aryl methyl sites for hydroxylation is 1. The fraction of sp³-hybridized carbons (Fsp3) is 0.184. The third-order valence-corrected chi connectivity index (χ3v) is 7.70. The lowest BCUT2D eigenvalue weighted by molar-refractivity contribution is -0.137. The number of unbranched alkanes of at least 4 members (excludes halogenated alkanes) is 2. The molecule has 0 bridgehead atoms. The molecule has 0 amide bonds. The molecule has 0 heterocycles. The Hall–Kier alpha value is -4.43. The number of rotatable bonds is 11. The van der Waals surface area contributed by atoms with Crippen molar-refractivity contribution in [2.45, 2.75) is 39.0 Å². The molecule has 0 radical (unpaired) electrons. The number of esters is 1. The molecule has 5 rings (SSSR count). The van der Waals surface area contributed by atoms with E-state index >= 15 is 0 Å². The van der Waals surface area contributed by atoms with Gasteiger partial charge in [-0.15, -0.1) is 0 Å². The van der Waals surface area contributed by atoms with Crippen molar-refractivity contribution < 1.29 is 9.53 Å². The zero-order chi connectivity index (χ0) is 27.9. The summed E-state index contributed by atoms with van der Waals surface area (Å²) < 4.78 is 5.07. The van der Waals surface area contributed by atoms with E-state index < -0.39 is 0 Å². The van der Waals surface area contributed by atoms with E-state index in [1.165, 1.54) is 61.0 Å². The van der Waals surface area contributed by atoms with Crippen LogP contribution in [0.1, 0.15) is 43.7 Å². The first-order chi connectivity index (χ1) is 19.6. The zero-order valence-electron chi connectivity index (χ0n) is 23.3.